The molecule has 2 aliphatic heterocycles. The number of unbranched alkanes of at least 4 members (excludes halogenated alkanes) is 6. The van der Waals surface area contributed by atoms with Crippen LogP contribution in [-0.4, -0.2) is 83.2 Å². The summed E-state index contributed by atoms with van der Waals surface area (Å²) >= 11 is 0. The van der Waals surface area contributed by atoms with E-state index in [0.717, 1.165) is 31.8 Å². The van der Waals surface area contributed by atoms with Crippen molar-refractivity contribution < 1.29 is 14.2 Å². The van der Waals surface area contributed by atoms with Gasteiger partial charge in [0.1, 0.15) is 6.54 Å². The molecule has 1 atom stereocenters. The largest absolute Gasteiger partial charge is 0.333 e. The quantitative estimate of drug-likeness (QED) is 0.369. The first-order valence-electron chi connectivity index (χ1n) is 11.9. The standard InChI is InChI=1S/C25H38N5O2/c1-5-6-7-8-9-10-14-17-30-21(19-27(2)18-20-15-12-11-13-16-20)26-23-22(30)24(31)29(4)25(32)28(23)3/h11-13,15-16,22H,5-10,14,17-19H2,1-4H3/q+1. The van der Waals surface area contributed by atoms with Crippen molar-refractivity contribution in [1.29, 1.82) is 0 Å². The van der Waals surface area contributed by atoms with Gasteiger partial charge < -0.3 is 0 Å². The number of hydrogen-bond donors (Lipinski definition) is 0. The highest BCUT2D eigenvalue weighted by molar-refractivity contribution is 6.23. The number of amidine groups is 2. The number of amides is 3. The van der Waals surface area contributed by atoms with Gasteiger partial charge in [0.2, 0.25) is 0 Å². The molecule has 32 heavy (non-hydrogen) atoms. The van der Waals surface area contributed by atoms with Crippen molar-refractivity contribution >= 4 is 23.6 Å². The minimum absolute atomic E-state index is 0.185. The van der Waals surface area contributed by atoms with Crippen LogP contribution in [0.2, 0.25) is 0 Å². The third kappa shape index (κ3) is 5.63. The zero-order chi connectivity index (χ0) is 23.1. The molecule has 7 heteroatoms. The Kier molecular flexibility index (Phi) is 8.56. The molecule has 0 N–H and O–H groups in total. The molecule has 174 valence electrons. The number of fused-ring (bicyclic) bond motifs is 1. The fraction of sp³-hybridized carbons (Fsp3) is 0.600. The fourth-order valence-corrected chi connectivity index (χ4v) is 4.46. The van der Waals surface area contributed by atoms with Gasteiger partial charge in [-0.3, -0.25) is 19.5 Å². The maximum atomic E-state index is 13.0. The molecule has 2 aliphatic rings. The van der Waals surface area contributed by atoms with E-state index in [1.54, 1.807) is 14.1 Å². The molecule has 0 radical (unpaired) electrons. The number of hydrogen-bond acceptors (Lipinski definition) is 4. The maximum absolute atomic E-state index is 13.0. The molecule has 0 aliphatic carbocycles. The van der Waals surface area contributed by atoms with E-state index in [2.05, 4.69) is 35.6 Å². The van der Waals surface area contributed by atoms with Crippen LogP contribution in [0.5, 0.6) is 0 Å². The van der Waals surface area contributed by atoms with Crippen LogP contribution >= 0.6 is 0 Å². The van der Waals surface area contributed by atoms with Crippen molar-refractivity contribution in [1.82, 2.24) is 14.7 Å². The molecule has 0 bridgehead atoms. The normalized spacial score (nSPS) is 18.7. The molecule has 2 heterocycles. The molecule has 3 amide bonds. The summed E-state index contributed by atoms with van der Waals surface area (Å²) in [6, 6.07) is 9.52. The Bertz CT molecular complexity index is 864. The smallest absolute Gasteiger partial charge is 0.291 e. The van der Waals surface area contributed by atoms with Crippen LogP contribution in [-0.2, 0) is 11.3 Å². The van der Waals surface area contributed by atoms with E-state index in [4.69, 9.17) is 4.99 Å². The zero-order valence-electron chi connectivity index (χ0n) is 20.1. The van der Waals surface area contributed by atoms with Gasteiger partial charge in [0, 0.05) is 20.6 Å². The average Bonchev–Trinajstić information content (AvgIpc) is 3.14. The van der Waals surface area contributed by atoms with Crippen LogP contribution in [0.15, 0.2) is 35.3 Å². The Morgan fingerprint density at radius 1 is 0.938 bits per heavy atom. The average molecular weight is 441 g/mol. The molecule has 0 aromatic heterocycles. The van der Waals surface area contributed by atoms with Gasteiger partial charge in [-0.2, -0.15) is 0 Å². The second-order valence-corrected chi connectivity index (χ2v) is 9.00. The zero-order valence-corrected chi connectivity index (χ0v) is 20.1. The van der Waals surface area contributed by atoms with Crippen molar-refractivity contribution in [3.63, 3.8) is 0 Å². The number of imide groups is 1. The minimum Gasteiger partial charge on any atom is -0.291 e. The second-order valence-electron chi connectivity index (χ2n) is 9.00. The van der Waals surface area contributed by atoms with Crippen molar-refractivity contribution in [3.8, 4) is 0 Å². The highest BCUT2D eigenvalue weighted by atomic mass is 16.2. The molecule has 0 saturated carbocycles. The number of carbonyl (C=O) groups excluding carboxylic acids is 2. The predicted molar refractivity (Wildman–Crippen MR) is 128 cm³/mol. The summed E-state index contributed by atoms with van der Waals surface area (Å²) in [5, 5.41) is 0. The lowest BCUT2D eigenvalue weighted by Crippen LogP contribution is -2.61. The van der Waals surface area contributed by atoms with Crippen molar-refractivity contribution in [2.75, 3.05) is 34.2 Å². The SMILES string of the molecule is CCCCCCCCC[N+]1=C(CN(C)Cc2ccccc2)N=C2C1C(=O)N(C)C(=O)N2C. The monoisotopic (exact) mass is 440 g/mol. The fourth-order valence-electron chi connectivity index (χ4n) is 4.46. The van der Waals surface area contributed by atoms with E-state index in [1.807, 2.05) is 18.2 Å². The highest BCUT2D eigenvalue weighted by Crippen LogP contribution is 2.20. The Morgan fingerprint density at radius 2 is 1.59 bits per heavy atom. The third-order valence-electron chi connectivity index (χ3n) is 6.32. The number of benzene rings is 1. The molecule has 3 rings (SSSR count). The number of rotatable bonds is 12. The Labute approximate surface area is 192 Å². The van der Waals surface area contributed by atoms with E-state index in [-0.39, 0.29) is 11.9 Å². The summed E-state index contributed by atoms with van der Waals surface area (Å²) in [4.78, 5) is 35.2. The number of urea groups is 1. The van der Waals surface area contributed by atoms with Crippen LogP contribution < -0.4 is 0 Å². The van der Waals surface area contributed by atoms with Crippen LogP contribution in [0.1, 0.15) is 57.4 Å². The molecule has 1 fully saturated rings. The van der Waals surface area contributed by atoms with Gasteiger partial charge in [-0.25, -0.2) is 9.37 Å². The van der Waals surface area contributed by atoms with E-state index >= 15 is 0 Å². The van der Waals surface area contributed by atoms with Crippen LogP contribution in [0.4, 0.5) is 4.79 Å². The highest BCUT2D eigenvalue weighted by Gasteiger charge is 2.52. The first kappa shape index (κ1) is 24.1. The van der Waals surface area contributed by atoms with E-state index in [9.17, 15) is 9.59 Å². The summed E-state index contributed by atoms with van der Waals surface area (Å²) in [5.74, 6) is 1.25. The second kappa shape index (κ2) is 11.4. The van der Waals surface area contributed by atoms with Gasteiger partial charge >= 0.3 is 11.9 Å². The summed E-state index contributed by atoms with van der Waals surface area (Å²) < 4.78 is 2.13. The third-order valence-corrected chi connectivity index (χ3v) is 6.32. The lowest BCUT2D eigenvalue weighted by Gasteiger charge is -2.30. The Hall–Kier alpha value is -2.54. The lowest BCUT2D eigenvalue weighted by atomic mass is 10.1. The molecular weight excluding hydrogens is 402 g/mol. The molecule has 1 aromatic carbocycles. The Morgan fingerprint density at radius 3 is 2.28 bits per heavy atom. The summed E-state index contributed by atoms with van der Waals surface area (Å²) in [7, 11) is 5.33. The van der Waals surface area contributed by atoms with Crippen molar-refractivity contribution in [3.05, 3.63) is 35.9 Å². The number of carbonyl (C=O) groups is 2. The van der Waals surface area contributed by atoms with Gasteiger partial charge in [0.05, 0.1) is 6.54 Å². The van der Waals surface area contributed by atoms with Crippen LogP contribution in [0.3, 0.4) is 0 Å². The van der Waals surface area contributed by atoms with Crippen LogP contribution in [0.25, 0.3) is 0 Å². The maximum Gasteiger partial charge on any atom is 0.333 e. The topological polar surface area (TPSA) is 59.2 Å². The van der Waals surface area contributed by atoms with Crippen molar-refractivity contribution in [2.45, 2.75) is 64.5 Å². The van der Waals surface area contributed by atoms with Gasteiger partial charge in [-0.1, -0.05) is 69.4 Å². The lowest BCUT2D eigenvalue weighted by molar-refractivity contribution is -0.537. The summed E-state index contributed by atoms with van der Waals surface area (Å²) in [5.41, 5.74) is 1.24. The molecular formula is C25H38N5O2+. The summed E-state index contributed by atoms with van der Waals surface area (Å²) in [6.45, 7) is 4.44. The van der Waals surface area contributed by atoms with E-state index in [0.29, 0.717) is 12.4 Å². The minimum atomic E-state index is -0.497. The predicted octanol–water partition coefficient (Wildman–Crippen LogP) is 3.58. The molecule has 7 nitrogen and oxygen atoms in total. The van der Waals surface area contributed by atoms with Gasteiger partial charge in [0.15, 0.2) is 0 Å². The van der Waals surface area contributed by atoms with E-state index < -0.39 is 6.04 Å². The van der Waals surface area contributed by atoms with Gasteiger partial charge in [0.25, 0.3) is 17.8 Å². The molecule has 1 saturated heterocycles. The first-order valence-corrected chi connectivity index (χ1v) is 11.9. The Balaban J connectivity index is 1.72. The number of aliphatic imine (C=N–C) groups is 1. The van der Waals surface area contributed by atoms with Crippen molar-refractivity contribution in [2.24, 2.45) is 4.99 Å². The van der Waals surface area contributed by atoms with Gasteiger partial charge in [-0.15, -0.1) is 0 Å². The number of likely N-dealkylation sites (N-methyl/N-ethyl adjacent to an activating group) is 3. The first-order chi connectivity index (χ1) is 15.4. The molecule has 1 aromatic rings. The van der Waals surface area contributed by atoms with Crippen LogP contribution in [0, 0.1) is 0 Å². The van der Waals surface area contributed by atoms with Gasteiger partial charge in [-0.05, 0) is 30.4 Å². The summed E-state index contributed by atoms with van der Waals surface area (Å²) in [6.07, 6.45) is 8.52. The van der Waals surface area contributed by atoms with E-state index in [1.165, 1.54) is 47.5 Å². The molecule has 0 spiro atoms. The number of nitrogens with zero attached hydrogens (tertiary/aromatic N) is 5. The molecule has 1 unspecified atom stereocenters.